The molecule has 0 aliphatic carbocycles. The van der Waals surface area contributed by atoms with Crippen molar-refractivity contribution in [3.8, 4) is 0 Å². The molecule has 7 nitrogen and oxygen atoms in total. The zero-order valence-electron chi connectivity index (χ0n) is 15.5. The number of carbonyl (C=O) groups is 2. The van der Waals surface area contributed by atoms with E-state index in [0.717, 1.165) is 10.5 Å². The van der Waals surface area contributed by atoms with Gasteiger partial charge in [-0.15, -0.1) is 0 Å². The maximum atomic E-state index is 12.3. The molecule has 0 unspecified atom stereocenters. The SMILES string of the molecule is Nc1cccc(SNC(=O)NCc2ccc(C(=O)Nc3ccccc3N)cc2)c1. The Labute approximate surface area is 173 Å². The highest BCUT2D eigenvalue weighted by molar-refractivity contribution is 7.98. The second kappa shape index (κ2) is 9.52. The Morgan fingerprint density at radius 1 is 0.897 bits per heavy atom. The van der Waals surface area contributed by atoms with Crippen LogP contribution in [0.3, 0.4) is 0 Å². The van der Waals surface area contributed by atoms with Gasteiger partial charge in [-0.05, 0) is 60.0 Å². The number of nitrogens with two attached hydrogens (primary N) is 2. The van der Waals surface area contributed by atoms with E-state index in [2.05, 4.69) is 15.4 Å². The molecule has 3 amide bonds. The van der Waals surface area contributed by atoms with Crippen molar-refractivity contribution in [3.05, 3.63) is 83.9 Å². The predicted octanol–water partition coefficient (Wildman–Crippen LogP) is 3.61. The minimum Gasteiger partial charge on any atom is -0.399 e. The summed E-state index contributed by atoms with van der Waals surface area (Å²) in [6.45, 7) is 0.330. The Kier molecular flexibility index (Phi) is 6.59. The van der Waals surface area contributed by atoms with Crippen molar-refractivity contribution < 1.29 is 9.59 Å². The first-order valence-electron chi connectivity index (χ1n) is 8.82. The summed E-state index contributed by atoms with van der Waals surface area (Å²) in [7, 11) is 0. The van der Waals surface area contributed by atoms with E-state index in [1.54, 1.807) is 60.7 Å². The van der Waals surface area contributed by atoms with E-state index in [9.17, 15) is 9.59 Å². The van der Waals surface area contributed by atoms with Crippen molar-refractivity contribution in [2.45, 2.75) is 11.4 Å². The molecule has 0 aromatic heterocycles. The molecule has 3 aromatic rings. The second-order valence-electron chi connectivity index (χ2n) is 6.20. The van der Waals surface area contributed by atoms with Crippen LogP contribution in [-0.2, 0) is 6.54 Å². The fraction of sp³-hybridized carbons (Fsp3) is 0.0476. The number of nitrogens with one attached hydrogen (secondary N) is 3. The average molecular weight is 407 g/mol. The summed E-state index contributed by atoms with van der Waals surface area (Å²) in [6.07, 6.45) is 0. The highest BCUT2D eigenvalue weighted by Crippen LogP contribution is 2.18. The molecule has 0 atom stereocenters. The summed E-state index contributed by atoms with van der Waals surface area (Å²) in [6, 6.07) is 21.0. The smallest absolute Gasteiger partial charge is 0.325 e. The highest BCUT2D eigenvalue weighted by atomic mass is 32.2. The molecule has 0 heterocycles. The topological polar surface area (TPSA) is 122 Å². The quantitative estimate of drug-likeness (QED) is 0.316. The molecule has 0 fully saturated rings. The van der Waals surface area contributed by atoms with Gasteiger partial charge >= 0.3 is 6.03 Å². The van der Waals surface area contributed by atoms with Gasteiger partial charge in [-0.25, -0.2) is 4.79 Å². The number of hydrogen-bond donors (Lipinski definition) is 5. The molecule has 3 aromatic carbocycles. The van der Waals surface area contributed by atoms with Crippen LogP contribution >= 0.6 is 11.9 Å². The van der Waals surface area contributed by atoms with Gasteiger partial charge in [0.15, 0.2) is 0 Å². The van der Waals surface area contributed by atoms with E-state index in [0.29, 0.717) is 29.2 Å². The average Bonchev–Trinajstić information content (AvgIpc) is 2.73. The van der Waals surface area contributed by atoms with Crippen molar-refractivity contribution in [3.63, 3.8) is 0 Å². The van der Waals surface area contributed by atoms with Gasteiger partial charge in [0.2, 0.25) is 0 Å². The van der Waals surface area contributed by atoms with Crippen LogP contribution in [-0.4, -0.2) is 11.9 Å². The van der Waals surface area contributed by atoms with Gasteiger partial charge in [-0.1, -0.05) is 30.3 Å². The van der Waals surface area contributed by atoms with E-state index in [4.69, 9.17) is 11.5 Å². The van der Waals surface area contributed by atoms with Gasteiger partial charge in [0.25, 0.3) is 5.91 Å². The van der Waals surface area contributed by atoms with Crippen LogP contribution in [0.25, 0.3) is 0 Å². The lowest BCUT2D eigenvalue weighted by molar-refractivity contribution is 0.102. The number of benzene rings is 3. The lowest BCUT2D eigenvalue weighted by atomic mass is 10.1. The van der Waals surface area contributed by atoms with Gasteiger partial charge < -0.3 is 22.1 Å². The number of nitrogen functional groups attached to an aromatic ring is 2. The molecule has 0 saturated carbocycles. The van der Waals surface area contributed by atoms with Crippen molar-refractivity contribution in [2.75, 3.05) is 16.8 Å². The Balaban J connectivity index is 1.48. The Morgan fingerprint density at radius 3 is 2.38 bits per heavy atom. The van der Waals surface area contributed by atoms with Crippen LogP contribution in [0.1, 0.15) is 15.9 Å². The molecule has 0 radical (unpaired) electrons. The van der Waals surface area contributed by atoms with E-state index in [1.165, 1.54) is 11.9 Å². The number of rotatable bonds is 6. The maximum absolute atomic E-state index is 12.3. The molecular weight excluding hydrogens is 386 g/mol. The summed E-state index contributed by atoms with van der Waals surface area (Å²) in [5.41, 5.74) is 14.6. The summed E-state index contributed by atoms with van der Waals surface area (Å²) in [4.78, 5) is 25.1. The minimum atomic E-state index is -0.321. The van der Waals surface area contributed by atoms with Crippen LogP contribution in [0, 0.1) is 0 Å². The number of carbonyl (C=O) groups excluding carboxylic acids is 2. The van der Waals surface area contributed by atoms with Crippen LogP contribution in [0.2, 0.25) is 0 Å². The Morgan fingerprint density at radius 2 is 1.66 bits per heavy atom. The molecule has 148 valence electrons. The normalized spacial score (nSPS) is 10.2. The number of anilines is 3. The second-order valence-corrected chi connectivity index (χ2v) is 7.08. The van der Waals surface area contributed by atoms with Crippen molar-refractivity contribution in [1.29, 1.82) is 0 Å². The summed E-state index contributed by atoms with van der Waals surface area (Å²) in [5, 5.41) is 5.54. The fourth-order valence-electron chi connectivity index (χ4n) is 2.48. The predicted molar refractivity (Wildman–Crippen MR) is 117 cm³/mol. The van der Waals surface area contributed by atoms with Gasteiger partial charge in [-0.3, -0.25) is 9.52 Å². The standard InChI is InChI=1S/C21H21N5O2S/c22-16-4-3-5-17(12-16)29-26-21(28)24-13-14-8-10-15(11-9-14)20(27)25-19-7-2-1-6-18(19)23/h1-12H,13,22-23H2,(H,25,27)(H2,24,26,28). The van der Waals surface area contributed by atoms with Gasteiger partial charge in [0.05, 0.1) is 11.4 Å². The molecule has 0 saturated heterocycles. The highest BCUT2D eigenvalue weighted by Gasteiger charge is 2.08. The lowest BCUT2D eigenvalue weighted by Gasteiger charge is -2.09. The van der Waals surface area contributed by atoms with Crippen molar-refractivity contribution >= 4 is 40.9 Å². The van der Waals surface area contributed by atoms with Crippen LogP contribution in [0.4, 0.5) is 21.9 Å². The van der Waals surface area contributed by atoms with Gasteiger partial charge in [0.1, 0.15) is 0 Å². The summed E-state index contributed by atoms with van der Waals surface area (Å²) in [5.74, 6) is -0.251. The third kappa shape index (κ3) is 5.91. The van der Waals surface area contributed by atoms with Crippen molar-refractivity contribution in [1.82, 2.24) is 10.0 Å². The van der Waals surface area contributed by atoms with Gasteiger partial charge in [-0.2, -0.15) is 0 Å². The zero-order chi connectivity index (χ0) is 20.6. The molecule has 0 bridgehead atoms. The Bertz CT molecular complexity index is 1010. The fourth-order valence-corrected chi connectivity index (χ4v) is 3.11. The number of amides is 3. The monoisotopic (exact) mass is 407 g/mol. The molecule has 8 heteroatoms. The van der Waals surface area contributed by atoms with Crippen LogP contribution < -0.4 is 26.8 Å². The first kappa shape index (κ1) is 20.1. The molecule has 29 heavy (non-hydrogen) atoms. The zero-order valence-corrected chi connectivity index (χ0v) is 16.3. The third-order valence-corrected chi connectivity index (χ3v) is 4.77. The van der Waals surface area contributed by atoms with Crippen LogP contribution in [0.15, 0.2) is 77.7 Å². The summed E-state index contributed by atoms with van der Waals surface area (Å²) < 4.78 is 2.69. The minimum absolute atomic E-state index is 0.251. The first-order chi connectivity index (χ1) is 14.0. The lowest BCUT2D eigenvalue weighted by Crippen LogP contribution is -2.30. The molecular formula is C21H21N5O2S. The van der Waals surface area contributed by atoms with E-state index in [-0.39, 0.29) is 11.9 Å². The Hall–Kier alpha value is -3.65. The van der Waals surface area contributed by atoms with Crippen molar-refractivity contribution in [2.24, 2.45) is 0 Å². The maximum Gasteiger partial charge on any atom is 0.325 e. The number of para-hydroxylation sites is 2. The van der Waals surface area contributed by atoms with Crippen LogP contribution in [0.5, 0.6) is 0 Å². The number of urea groups is 1. The molecule has 0 aliphatic rings. The molecule has 0 spiro atoms. The van der Waals surface area contributed by atoms with Gasteiger partial charge in [0, 0.05) is 22.7 Å². The molecule has 3 rings (SSSR count). The number of hydrogen-bond acceptors (Lipinski definition) is 5. The van der Waals surface area contributed by atoms with E-state index >= 15 is 0 Å². The largest absolute Gasteiger partial charge is 0.399 e. The first-order valence-corrected chi connectivity index (χ1v) is 9.64. The van der Waals surface area contributed by atoms with E-state index < -0.39 is 0 Å². The third-order valence-electron chi connectivity index (χ3n) is 4.00. The molecule has 7 N–H and O–H groups in total. The molecule has 0 aliphatic heterocycles. The summed E-state index contributed by atoms with van der Waals surface area (Å²) >= 11 is 1.18. The van der Waals surface area contributed by atoms with E-state index in [1.807, 2.05) is 12.1 Å².